The van der Waals surface area contributed by atoms with Gasteiger partial charge in [-0.15, -0.1) is 0 Å². The van der Waals surface area contributed by atoms with Gasteiger partial charge in [-0.3, -0.25) is 19.7 Å². The summed E-state index contributed by atoms with van der Waals surface area (Å²) < 4.78 is 15.9. The molecule has 1 unspecified atom stereocenters. The van der Waals surface area contributed by atoms with Gasteiger partial charge in [0, 0.05) is 25.7 Å². The third-order valence-corrected chi connectivity index (χ3v) is 5.82. The smallest absolute Gasteiger partial charge is 0.309 e. The molecule has 0 bridgehead atoms. The summed E-state index contributed by atoms with van der Waals surface area (Å²) >= 11 is 0. The lowest BCUT2D eigenvalue weighted by molar-refractivity contribution is -0.384. The number of anilines is 1. The number of benzene rings is 2. The van der Waals surface area contributed by atoms with Crippen LogP contribution in [0.15, 0.2) is 42.5 Å². The second kappa shape index (κ2) is 11.4. The van der Waals surface area contributed by atoms with Crippen molar-refractivity contribution in [2.75, 3.05) is 32.2 Å². The molecule has 0 spiro atoms. The average molecular weight is 472 g/mol. The van der Waals surface area contributed by atoms with Gasteiger partial charge in [-0.1, -0.05) is 18.2 Å². The van der Waals surface area contributed by atoms with Gasteiger partial charge >= 0.3 is 5.97 Å². The first-order valence-electron chi connectivity index (χ1n) is 11.0. The lowest BCUT2D eigenvalue weighted by Crippen LogP contribution is -2.40. The summed E-state index contributed by atoms with van der Waals surface area (Å²) in [4.78, 5) is 37.8. The summed E-state index contributed by atoms with van der Waals surface area (Å²) in [6.07, 6.45) is 0.0382. The number of methoxy groups -OCH3 is 2. The molecule has 182 valence electrons. The topological polar surface area (TPSA) is 120 Å². The third-order valence-electron chi connectivity index (χ3n) is 5.82. The van der Waals surface area contributed by atoms with Crippen LogP contribution in [0.25, 0.3) is 0 Å². The lowest BCUT2D eigenvalue weighted by atomic mass is 9.96. The van der Waals surface area contributed by atoms with Crippen LogP contribution < -0.4 is 19.7 Å². The van der Waals surface area contributed by atoms with E-state index in [0.717, 1.165) is 5.56 Å². The maximum absolute atomic E-state index is 12.6. The highest BCUT2D eigenvalue weighted by molar-refractivity contribution is 5.84. The number of amides is 1. The molecule has 1 fully saturated rings. The van der Waals surface area contributed by atoms with Gasteiger partial charge in [0.15, 0.2) is 17.6 Å². The standard InChI is InChI=1S/C24H29N3O7/c1-16(23(28)25-15-17-8-9-21(32-2)22(14-17)33-3)34-24(29)18-10-12-26(13-11-18)19-6-4-5-7-20(19)27(30)31/h4-9,14,16,18H,10-13,15H2,1-3H3,(H,25,28). The summed E-state index contributed by atoms with van der Waals surface area (Å²) in [7, 11) is 3.08. The minimum absolute atomic E-state index is 0.0447. The van der Waals surface area contributed by atoms with Crippen LogP contribution in [0.5, 0.6) is 11.5 Å². The fourth-order valence-electron chi connectivity index (χ4n) is 3.89. The van der Waals surface area contributed by atoms with Crippen molar-refractivity contribution in [1.82, 2.24) is 5.32 Å². The normalized spacial score (nSPS) is 14.7. The predicted octanol–water partition coefficient (Wildman–Crippen LogP) is 3.08. The molecular formula is C24H29N3O7. The lowest BCUT2D eigenvalue weighted by Gasteiger charge is -2.32. The van der Waals surface area contributed by atoms with E-state index in [9.17, 15) is 19.7 Å². The molecule has 1 atom stereocenters. The Morgan fingerprint density at radius 3 is 2.44 bits per heavy atom. The molecule has 2 aromatic carbocycles. The maximum Gasteiger partial charge on any atom is 0.309 e. The Balaban J connectivity index is 1.48. The highest BCUT2D eigenvalue weighted by Gasteiger charge is 2.30. The van der Waals surface area contributed by atoms with Crippen LogP contribution in [-0.2, 0) is 20.9 Å². The second-order valence-electron chi connectivity index (χ2n) is 7.99. The molecule has 2 aromatic rings. The first-order chi connectivity index (χ1) is 16.3. The molecule has 3 rings (SSSR count). The Hall–Kier alpha value is -3.82. The number of nitro groups is 1. The van der Waals surface area contributed by atoms with E-state index in [1.165, 1.54) is 20.1 Å². The number of nitrogens with zero attached hydrogens (tertiary/aromatic N) is 2. The van der Waals surface area contributed by atoms with Crippen molar-refractivity contribution in [1.29, 1.82) is 0 Å². The van der Waals surface area contributed by atoms with Crippen LogP contribution in [0.4, 0.5) is 11.4 Å². The monoisotopic (exact) mass is 471 g/mol. The Kier molecular flexibility index (Phi) is 8.29. The molecule has 0 aliphatic carbocycles. The largest absolute Gasteiger partial charge is 0.493 e. The second-order valence-corrected chi connectivity index (χ2v) is 7.99. The molecule has 10 heteroatoms. The van der Waals surface area contributed by atoms with Gasteiger partial charge < -0.3 is 24.4 Å². The van der Waals surface area contributed by atoms with Crippen LogP contribution >= 0.6 is 0 Å². The van der Waals surface area contributed by atoms with Crippen LogP contribution in [0.1, 0.15) is 25.3 Å². The molecule has 1 N–H and O–H groups in total. The number of ether oxygens (including phenoxy) is 3. The minimum Gasteiger partial charge on any atom is -0.493 e. The summed E-state index contributed by atoms with van der Waals surface area (Å²) in [6.45, 7) is 2.76. The van der Waals surface area contributed by atoms with E-state index in [1.807, 2.05) is 11.0 Å². The van der Waals surface area contributed by atoms with E-state index in [2.05, 4.69) is 5.32 Å². The van der Waals surface area contributed by atoms with Crippen molar-refractivity contribution >= 4 is 23.3 Å². The van der Waals surface area contributed by atoms with Gasteiger partial charge in [0.2, 0.25) is 0 Å². The summed E-state index contributed by atoms with van der Waals surface area (Å²) in [5, 5.41) is 14.0. The number of para-hydroxylation sites is 2. The molecule has 0 radical (unpaired) electrons. The first kappa shape index (κ1) is 24.8. The fourth-order valence-corrected chi connectivity index (χ4v) is 3.89. The average Bonchev–Trinajstić information content (AvgIpc) is 2.86. The minimum atomic E-state index is -0.944. The van der Waals surface area contributed by atoms with E-state index in [0.29, 0.717) is 43.1 Å². The van der Waals surface area contributed by atoms with E-state index < -0.39 is 22.9 Å². The van der Waals surface area contributed by atoms with Crippen molar-refractivity contribution in [3.05, 3.63) is 58.1 Å². The number of nitrogens with one attached hydrogen (secondary N) is 1. The van der Waals surface area contributed by atoms with Crippen molar-refractivity contribution in [3.8, 4) is 11.5 Å². The number of hydrogen-bond acceptors (Lipinski definition) is 8. The molecular weight excluding hydrogens is 442 g/mol. The zero-order chi connectivity index (χ0) is 24.7. The Bertz CT molecular complexity index is 1030. The van der Waals surface area contributed by atoms with Crippen molar-refractivity contribution < 1.29 is 28.7 Å². The molecule has 0 aromatic heterocycles. The van der Waals surface area contributed by atoms with E-state index in [4.69, 9.17) is 14.2 Å². The van der Waals surface area contributed by atoms with Crippen LogP contribution in [-0.4, -0.2) is 50.2 Å². The molecule has 1 saturated heterocycles. The highest BCUT2D eigenvalue weighted by Crippen LogP contribution is 2.31. The molecule has 1 aliphatic heterocycles. The van der Waals surface area contributed by atoms with Gasteiger partial charge in [0.05, 0.1) is 25.1 Å². The van der Waals surface area contributed by atoms with Crippen LogP contribution in [0.2, 0.25) is 0 Å². The summed E-state index contributed by atoms with van der Waals surface area (Å²) in [5.74, 6) is -0.0507. The first-order valence-corrected chi connectivity index (χ1v) is 11.0. The van der Waals surface area contributed by atoms with E-state index >= 15 is 0 Å². The van der Waals surface area contributed by atoms with Crippen molar-refractivity contribution in [2.45, 2.75) is 32.4 Å². The summed E-state index contributed by atoms with van der Waals surface area (Å²) in [6, 6.07) is 11.9. The zero-order valence-corrected chi connectivity index (χ0v) is 19.5. The quantitative estimate of drug-likeness (QED) is 0.337. The number of carbonyl (C=O) groups excluding carboxylic acids is 2. The van der Waals surface area contributed by atoms with Crippen LogP contribution in [0, 0.1) is 16.0 Å². The number of nitro benzene ring substituents is 1. The molecule has 1 heterocycles. The Morgan fingerprint density at radius 1 is 1.12 bits per heavy atom. The Morgan fingerprint density at radius 2 is 1.79 bits per heavy atom. The van der Waals surface area contributed by atoms with E-state index in [-0.39, 0.29) is 18.2 Å². The molecule has 0 saturated carbocycles. The number of carbonyl (C=O) groups is 2. The SMILES string of the molecule is COc1ccc(CNC(=O)C(C)OC(=O)C2CCN(c3ccccc3[N+](=O)[O-])CC2)cc1OC. The number of rotatable bonds is 9. The number of piperidine rings is 1. The van der Waals surface area contributed by atoms with Gasteiger partial charge in [-0.25, -0.2) is 0 Å². The number of esters is 1. The predicted molar refractivity (Wildman–Crippen MR) is 125 cm³/mol. The third kappa shape index (κ3) is 5.94. The number of hydrogen-bond donors (Lipinski definition) is 1. The fraction of sp³-hybridized carbons (Fsp3) is 0.417. The van der Waals surface area contributed by atoms with Crippen molar-refractivity contribution in [3.63, 3.8) is 0 Å². The highest BCUT2D eigenvalue weighted by atomic mass is 16.6. The molecule has 1 aliphatic rings. The summed E-state index contributed by atoms with van der Waals surface area (Å²) in [5.41, 5.74) is 1.40. The van der Waals surface area contributed by atoms with Gasteiger partial charge in [0.1, 0.15) is 5.69 Å². The maximum atomic E-state index is 12.6. The van der Waals surface area contributed by atoms with Crippen molar-refractivity contribution in [2.24, 2.45) is 5.92 Å². The van der Waals surface area contributed by atoms with Crippen LogP contribution in [0.3, 0.4) is 0 Å². The molecule has 1 amide bonds. The molecule has 10 nitrogen and oxygen atoms in total. The van der Waals surface area contributed by atoms with Gasteiger partial charge in [0.25, 0.3) is 11.6 Å². The van der Waals surface area contributed by atoms with E-state index in [1.54, 1.807) is 37.4 Å². The molecule has 34 heavy (non-hydrogen) atoms. The van der Waals surface area contributed by atoms with Gasteiger partial charge in [-0.05, 0) is 43.5 Å². The van der Waals surface area contributed by atoms with Gasteiger partial charge in [-0.2, -0.15) is 0 Å². The zero-order valence-electron chi connectivity index (χ0n) is 19.5. The Labute approximate surface area is 197 Å².